The van der Waals surface area contributed by atoms with Crippen LogP contribution in [0.3, 0.4) is 0 Å². The van der Waals surface area contributed by atoms with Gasteiger partial charge in [0, 0.05) is 28.3 Å². The number of thiophene rings is 1. The Labute approximate surface area is 132 Å². The number of halogens is 1. The van der Waals surface area contributed by atoms with Gasteiger partial charge >= 0.3 is 0 Å². The highest BCUT2D eigenvalue weighted by Gasteiger charge is 2.31. The minimum Gasteiger partial charge on any atom is -0.389 e. The van der Waals surface area contributed by atoms with Gasteiger partial charge in [-0.15, -0.1) is 0 Å². The van der Waals surface area contributed by atoms with Gasteiger partial charge in [0.05, 0.1) is 6.10 Å². The van der Waals surface area contributed by atoms with Gasteiger partial charge in [0.15, 0.2) is 0 Å². The molecule has 1 N–H and O–H groups in total. The molecule has 1 fully saturated rings. The lowest BCUT2D eigenvalue weighted by atomic mass is 10.1. The molecule has 106 valence electrons. The van der Waals surface area contributed by atoms with Gasteiger partial charge in [0.1, 0.15) is 0 Å². The van der Waals surface area contributed by atoms with Gasteiger partial charge < -0.3 is 10.0 Å². The number of nitrogens with zero attached hydrogens (tertiary/aromatic N) is 1. The molecule has 1 atom stereocenters. The molecule has 1 unspecified atom stereocenters. The van der Waals surface area contributed by atoms with E-state index in [0.717, 1.165) is 22.3 Å². The summed E-state index contributed by atoms with van der Waals surface area (Å²) in [4.78, 5) is 2.44. The van der Waals surface area contributed by atoms with E-state index in [0.29, 0.717) is 6.04 Å². The average Bonchev–Trinajstić information content (AvgIpc) is 3.13. The van der Waals surface area contributed by atoms with Crippen LogP contribution in [0, 0.1) is 0 Å². The molecule has 2 aromatic rings. The molecule has 4 heteroatoms. The monoisotopic (exact) mass is 351 g/mol. The van der Waals surface area contributed by atoms with Crippen molar-refractivity contribution in [2.75, 3.05) is 4.90 Å². The number of hydrogen-bond donors (Lipinski definition) is 1. The molecular weight excluding hydrogens is 334 g/mol. The first-order valence-corrected chi connectivity index (χ1v) is 8.64. The van der Waals surface area contributed by atoms with Gasteiger partial charge in [-0.1, -0.05) is 15.9 Å². The third-order valence-corrected chi connectivity index (χ3v) is 4.90. The first kappa shape index (κ1) is 14.1. The minimum atomic E-state index is -0.453. The summed E-state index contributed by atoms with van der Waals surface area (Å²) in [5.41, 5.74) is 3.51. The van der Waals surface area contributed by atoms with E-state index in [1.54, 1.807) is 11.3 Å². The van der Waals surface area contributed by atoms with Crippen molar-refractivity contribution in [1.82, 2.24) is 0 Å². The first-order valence-electron chi connectivity index (χ1n) is 6.90. The molecule has 0 saturated heterocycles. The lowest BCUT2D eigenvalue weighted by Crippen LogP contribution is -2.26. The summed E-state index contributed by atoms with van der Waals surface area (Å²) in [5.74, 6) is 0. The molecule has 3 rings (SSSR count). The highest BCUT2D eigenvalue weighted by Crippen LogP contribution is 2.38. The smallest absolute Gasteiger partial charge is 0.0782 e. The van der Waals surface area contributed by atoms with E-state index >= 15 is 0 Å². The van der Waals surface area contributed by atoms with Crippen LogP contribution in [0.1, 0.15) is 37.0 Å². The number of rotatable bonds is 5. The second-order valence-electron chi connectivity index (χ2n) is 5.37. The molecule has 1 heterocycles. The fraction of sp³-hybridized carbons (Fsp3) is 0.375. The Hall–Kier alpha value is -0.840. The summed E-state index contributed by atoms with van der Waals surface area (Å²) in [7, 11) is 0. The molecule has 0 bridgehead atoms. The second kappa shape index (κ2) is 5.88. The Morgan fingerprint density at radius 1 is 1.40 bits per heavy atom. The van der Waals surface area contributed by atoms with Gasteiger partial charge in [0.2, 0.25) is 0 Å². The van der Waals surface area contributed by atoms with Crippen molar-refractivity contribution in [2.24, 2.45) is 0 Å². The van der Waals surface area contributed by atoms with Crippen molar-refractivity contribution in [2.45, 2.75) is 38.5 Å². The predicted molar refractivity (Wildman–Crippen MR) is 88.3 cm³/mol. The Bertz CT molecular complexity index is 578. The topological polar surface area (TPSA) is 23.5 Å². The van der Waals surface area contributed by atoms with Crippen LogP contribution in [0.4, 0.5) is 5.69 Å². The van der Waals surface area contributed by atoms with E-state index in [1.165, 1.54) is 18.4 Å². The van der Waals surface area contributed by atoms with Crippen LogP contribution in [0.25, 0.3) is 0 Å². The molecule has 1 aromatic carbocycles. The fourth-order valence-corrected chi connectivity index (χ4v) is 3.54. The van der Waals surface area contributed by atoms with Gasteiger partial charge in [-0.05, 0) is 60.4 Å². The molecule has 20 heavy (non-hydrogen) atoms. The molecule has 0 radical (unpaired) electrons. The summed E-state index contributed by atoms with van der Waals surface area (Å²) in [5, 5.41) is 14.4. The highest BCUT2D eigenvalue weighted by molar-refractivity contribution is 9.10. The van der Waals surface area contributed by atoms with E-state index in [-0.39, 0.29) is 0 Å². The van der Waals surface area contributed by atoms with Gasteiger partial charge in [-0.2, -0.15) is 11.3 Å². The zero-order valence-corrected chi connectivity index (χ0v) is 13.8. The third-order valence-electron chi connectivity index (χ3n) is 3.67. The quantitative estimate of drug-likeness (QED) is 0.841. The summed E-state index contributed by atoms with van der Waals surface area (Å²) >= 11 is 5.24. The molecule has 2 nitrogen and oxygen atoms in total. The SMILES string of the molecule is CC(O)c1cc(Br)ccc1N(Cc1ccsc1)C1CC1. The summed E-state index contributed by atoms with van der Waals surface area (Å²) in [6.45, 7) is 2.76. The molecule has 1 aliphatic carbocycles. The number of hydrogen-bond acceptors (Lipinski definition) is 3. The van der Waals surface area contributed by atoms with Crippen molar-refractivity contribution in [3.8, 4) is 0 Å². The van der Waals surface area contributed by atoms with Crippen LogP contribution in [0.5, 0.6) is 0 Å². The number of aliphatic hydroxyl groups excluding tert-OH is 1. The first-order chi connectivity index (χ1) is 9.65. The lowest BCUT2D eigenvalue weighted by molar-refractivity contribution is 0.199. The van der Waals surface area contributed by atoms with Crippen molar-refractivity contribution in [3.63, 3.8) is 0 Å². The molecule has 0 amide bonds. The Kier molecular flexibility index (Phi) is 4.15. The fourth-order valence-electron chi connectivity index (χ4n) is 2.50. The number of benzene rings is 1. The maximum atomic E-state index is 10.1. The maximum absolute atomic E-state index is 10.1. The number of anilines is 1. The maximum Gasteiger partial charge on any atom is 0.0782 e. The van der Waals surface area contributed by atoms with Crippen LogP contribution in [0.15, 0.2) is 39.5 Å². The third kappa shape index (κ3) is 3.08. The van der Waals surface area contributed by atoms with Crippen molar-refractivity contribution < 1.29 is 5.11 Å². The lowest BCUT2D eigenvalue weighted by Gasteiger charge is -2.28. The largest absolute Gasteiger partial charge is 0.389 e. The Morgan fingerprint density at radius 2 is 2.20 bits per heavy atom. The van der Waals surface area contributed by atoms with E-state index in [1.807, 2.05) is 13.0 Å². The average molecular weight is 352 g/mol. The molecule has 1 saturated carbocycles. The van der Waals surface area contributed by atoms with Crippen molar-refractivity contribution in [3.05, 3.63) is 50.6 Å². The summed E-state index contributed by atoms with van der Waals surface area (Å²) in [6, 6.07) is 9.01. The molecule has 0 spiro atoms. The summed E-state index contributed by atoms with van der Waals surface area (Å²) in [6.07, 6.45) is 2.05. The van der Waals surface area contributed by atoms with E-state index in [9.17, 15) is 5.11 Å². The van der Waals surface area contributed by atoms with E-state index in [4.69, 9.17) is 0 Å². The number of aliphatic hydroxyl groups is 1. The van der Waals surface area contributed by atoms with E-state index < -0.39 is 6.10 Å². The molecule has 1 aliphatic rings. The van der Waals surface area contributed by atoms with Crippen molar-refractivity contribution in [1.29, 1.82) is 0 Å². The van der Waals surface area contributed by atoms with E-state index in [2.05, 4.69) is 49.8 Å². The van der Waals surface area contributed by atoms with Crippen LogP contribution >= 0.6 is 27.3 Å². The molecular formula is C16H18BrNOS. The second-order valence-corrected chi connectivity index (χ2v) is 7.07. The minimum absolute atomic E-state index is 0.453. The zero-order valence-electron chi connectivity index (χ0n) is 11.4. The van der Waals surface area contributed by atoms with Gasteiger partial charge in [-0.3, -0.25) is 0 Å². The van der Waals surface area contributed by atoms with Gasteiger partial charge in [0.25, 0.3) is 0 Å². The molecule has 1 aromatic heterocycles. The van der Waals surface area contributed by atoms with Crippen LogP contribution < -0.4 is 4.90 Å². The van der Waals surface area contributed by atoms with Gasteiger partial charge in [-0.25, -0.2) is 0 Å². The Morgan fingerprint density at radius 3 is 2.80 bits per heavy atom. The zero-order chi connectivity index (χ0) is 14.1. The Balaban J connectivity index is 1.95. The predicted octanol–water partition coefficient (Wildman–Crippen LogP) is 4.73. The van der Waals surface area contributed by atoms with Crippen LogP contribution in [-0.4, -0.2) is 11.1 Å². The summed E-state index contributed by atoms with van der Waals surface area (Å²) < 4.78 is 1.02. The van der Waals surface area contributed by atoms with Crippen LogP contribution in [0.2, 0.25) is 0 Å². The van der Waals surface area contributed by atoms with Crippen molar-refractivity contribution >= 4 is 33.0 Å². The molecule has 0 aliphatic heterocycles. The standard InChI is InChI=1S/C16H18BrNOS/c1-11(19)15-8-13(17)2-5-16(15)18(14-3-4-14)9-12-6-7-20-10-12/h2,5-8,10-11,14,19H,3-4,9H2,1H3. The normalized spacial score (nSPS) is 16.1. The highest BCUT2D eigenvalue weighted by atomic mass is 79.9. The van der Waals surface area contributed by atoms with Crippen LogP contribution in [-0.2, 0) is 6.54 Å².